The normalized spacial score (nSPS) is 19.1. The summed E-state index contributed by atoms with van der Waals surface area (Å²) in [5, 5.41) is 8.84. The third kappa shape index (κ3) is 4.93. The van der Waals surface area contributed by atoms with Crippen LogP contribution in [0.15, 0.2) is 12.2 Å². The average molecular weight is 268 g/mol. The lowest BCUT2D eigenvalue weighted by Crippen LogP contribution is -2.48. The molecule has 1 unspecified atom stereocenters. The summed E-state index contributed by atoms with van der Waals surface area (Å²) in [7, 11) is 0. The van der Waals surface area contributed by atoms with Gasteiger partial charge in [0.1, 0.15) is 0 Å². The number of piperidine rings is 1. The molecule has 5 heteroatoms. The lowest BCUT2D eigenvalue weighted by molar-refractivity contribution is -0.138. The molecule has 0 aliphatic carbocycles. The highest BCUT2D eigenvalue weighted by Gasteiger charge is 2.27. The molecule has 1 aliphatic rings. The van der Waals surface area contributed by atoms with Crippen LogP contribution in [0.4, 0.5) is 4.79 Å². The Morgan fingerprint density at radius 1 is 1.47 bits per heavy atom. The smallest absolute Gasteiger partial charge is 0.320 e. The molecule has 19 heavy (non-hydrogen) atoms. The van der Waals surface area contributed by atoms with E-state index in [1.807, 2.05) is 13.8 Å². The number of urea groups is 1. The minimum Gasteiger partial charge on any atom is -0.481 e. The number of carbonyl (C=O) groups is 2. The number of hydrogen-bond acceptors (Lipinski definition) is 2. The first-order chi connectivity index (χ1) is 8.93. The lowest BCUT2D eigenvalue weighted by Gasteiger charge is -2.35. The maximum Gasteiger partial charge on any atom is 0.320 e. The molecule has 0 bridgehead atoms. The third-order valence-corrected chi connectivity index (χ3v) is 3.37. The first-order valence-electron chi connectivity index (χ1n) is 6.84. The van der Waals surface area contributed by atoms with E-state index in [9.17, 15) is 9.59 Å². The topological polar surface area (TPSA) is 60.9 Å². The van der Waals surface area contributed by atoms with E-state index in [-0.39, 0.29) is 18.4 Å². The van der Waals surface area contributed by atoms with Crippen molar-refractivity contribution in [2.75, 3.05) is 26.2 Å². The minimum atomic E-state index is -0.784. The number of likely N-dealkylation sites (N-methyl/N-ethyl adjacent to an activating group) is 1. The Kier molecular flexibility index (Phi) is 5.86. The molecule has 0 saturated carbocycles. The fourth-order valence-electron chi connectivity index (χ4n) is 2.49. The van der Waals surface area contributed by atoms with Crippen LogP contribution in [0.25, 0.3) is 0 Å². The van der Waals surface area contributed by atoms with Crippen LogP contribution in [-0.2, 0) is 4.79 Å². The van der Waals surface area contributed by atoms with E-state index in [0.29, 0.717) is 19.6 Å². The number of hydrogen-bond donors (Lipinski definition) is 1. The van der Waals surface area contributed by atoms with Crippen LogP contribution in [0.1, 0.15) is 33.1 Å². The Bertz CT molecular complexity index is 355. The van der Waals surface area contributed by atoms with E-state index in [2.05, 4.69) is 6.58 Å². The van der Waals surface area contributed by atoms with Gasteiger partial charge in [-0.15, -0.1) is 0 Å². The standard InChI is InChI=1S/C14H24N2O3/c1-4-15(9-11(2)3)14(19)16-7-5-6-12(10-16)8-13(17)18/h12H,2,4-10H2,1,3H3,(H,17,18). The second kappa shape index (κ2) is 7.16. The Hall–Kier alpha value is -1.52. The maximum absolute atomic E-state index is 12.4. The van der Waals surface area contributed by atoms with Crippen LogP contribution in [0.3, 0.4) is 0 Å². The van der Waals surface area contributed by atoms with E-state index in [0.717, 1.165) is 25.0 Å². The highest BCUT2D eigenvalue weighted by atomic mass is 16.4. The number of amides is 2. The fourth-order valence-corrected chi connectivity index (χ4v) is 2.49. The van der Waals surface area contributed by atoms with Crippen molar-refractivity contribution in [3.8, 4) is 0 Å². The number of nitrogens with zero attached hydrogens (tertiary/aromatic N) is 2. The summed E-state index contributed by atoms with van der Waals surface area (Å²) in [4.78, 5) is 26.7. The van der Waals surface area contributed by atoms with Gasteiger partial charge in [-0.05, 0) is 32.6 Å². The molecule has 1 fully saturated rings. The van der Waals surface area contributed by atoms with Crippen molar-refractivity contribution in [1.29, 1.82) is 0 Å². The van der Waals surface area contributed by atoms with Crippen LogP contribution in [0.5, 0.6) is 0 Å². The van der Waals surface area contributed by atoms with Crippen molar-refractivity contribution in [2.45, 2.75) is 33.1 Å². The molecule has 5 nitrogen and oxygen atoms in total. The SMILES string of the molecule is C=C(C)CN(CC)C(=O)N1CCCC(CC(=O)O)C1. The van der Waals surface area contributed by atoms with Crippen LogP contribution in [0.2, 0.25) is 0 Å². The van der Waals surface area contributed by atoms with Gasteiger partial charge in [-0.3, -0.25) is 4.79 Å². The third-order valence-electron chi connectivity index (χ3n) is 3.37. The Morgan fingerprint density at radius 3 is 2.68 bits per heavy atom. The van der Waals surface area contributed by atoms with Gasteiger partial charge in [-0.2, -0.15) is 0 Å². The van der Waals surface area contributed by atoms with E-state index in [1.165, 1.54) is 0 Å². The molecule has 0 radical (unpaired) electrons. The minimum absolute atomic E-state index is 0.000545. The number of carboxylic acids is 1. The average Bonchev–Trinajstić information content (AvgIpc) is 2.34. The number of aliphatic carboxylic acids is 1. The quantitative estimate of drug-likeness (QED) is 0.777. The van der Waals surface area contributed by atoms with E-state index < -0.39 is 5.97 Å². The maximum atomic E-state index is 12.4. The molecule has 108 valence electrons. The summed E-state index contributed by atoms with van der Waals surface area (Å²) in [5.74, 6) is -0.702. The molecule has 1 atom stereocenters. The van der Waals surface area contributed by atoms with Gasteiger partial charge in [0, 0.05) is 32.6 Å². The largest absolute Gasteiger partial charge is 0.481 e. The molecule has 1 aliphatic heterocycles. The molecule has 0 aromatic heterocycles. The van der Waals surface area contributed by atoms with Gasteiger partial charge >= 0.3 is 12.0 Å². The highest BCUT2D eigenvalue weighted by Crippen LogP contribution is 2.20. The fraction of sp³-hybridized carbons (Fsp3) is 0.714. The van der Waals surface area contributed by atoms with Gasteiger partial charge in [0.15, 0.2) is 0 Å². The second-order valence-electron chi connectivity index (χ2n) is 5.31. The number of carbonyl (C=O) groups excluding carboxylic acids is 1. The van der Waals surface area contributed by atoms with Crippen LogP contribution in [0, 0.1) is 5.92 Å². The molecule has 1 N–H and O–H groups in total. The van der Waals surface area contributed by atoms with E-state index in [1.54, 1.807) is 9.80 Å². The van der Waals surface area contributed by atoms with Gasteiger partial charge < -0.3 is 14.9 Å². The highest BCUT2D eigenvalue weighted by molar-refractivity contribution is 5.75. The zero-order valence-corrected chi connectivity index (χ0v) is 11.9. The lowest BCUT2D eigenvalue weighted by atomic mass is 9.95. The van der Waals surface area contributed by atoms with Crippen molar-refractivity contribution in [2.24, 2.45) is 5.92 Å². The van der Waals surface area contributed by atoms with Crippen LogP contribution in [-0.4, -0.2) is 53.1 Å². The molecule has 0 spiro atoms. The number of likely N-dealkylation sites (tertiary alicyclic amines) is 1. The zero-order valence-electron chi connectivity index (χ0n) is 11.9. The second-order valence-corrected chi connectivity index (χ2v) is 5.31. The van der Waals surface area contributed by atoms with Crippen molar-refractivity contribution in [1.82, 2.24) is 9.80 Å². The summed E-state index contributed by atoms with van der Waals surface area (Å²) in [6.07, 6.45) is 1.92. The van der Waals surface area contributed by atoms with Gasteiger partial charge in [0.2, 0.25) is 0 Å². The first kappa shape index (κ1) is 15.5. The van der Waals surface area contributed by atoms with Gasteiger partial charge in [0.05, 0.1) is 0 Å². The van der Waals surface area contributed by atoms with Gasteiger partial charge in [0.25, 0.3) is 0 Å². The molecule has 2 amide bonds. The molecule has 0 aromatic carbocycles. The summed E-state index contributed by atoms with van der Waals surface area (Å²) >= 11 is 0. The molecule has 1 rings (SSSR count). The Morgan fingerprint density at radius 2 is 2.16 bits per heavy atom. The molecule has 1 saturated heterocycles. The summed E-state index contributed by atoms with van der Waals surface area (Å²) < 4.78 is 0. The van der Waals surface area contributed by atoms with Crippen molar-refractivity contribution >= 4 is 12.0 Å². The number of carboxylic acid groups (broad SMARTS) is 1. The van der Waals surface area contributed by atoms with Gasteiger partial charge in [-0.25, -0.2) is 4.79 Å². The van der Waals surface area contributed by atoms with E-state index >= 15 is 0 Å². The number of rotatable bonds is 5. The van der Waals surface area contributed by atoms with Crippen LogP contribution >= 0.6 is 0 Å². The zero-order chi connectivity index (χ0) is 14.4. The molecule has 0 aromatic rings. The Labute approximate surface area is 114 Å². The predicted molar refractivity (Wildman–Crippen MR) is 74.0 cm³/mol. The van der Waals surface area contributed by atoms with Crippen molar-refractivity contribution in [3.05, 3.63) is 12.2 Å². The molecular formula is C14H24N2O3. The van der Waals surface area contributed by atoms with E-state index in [4.69, 9.17) is 5.11 Å². The van der Waals surface area contributed by atoms with Crippen molar-refractivity contribution < 1.29 is 14.7 Å². The summed E-state index contributed by atoms with van der Waals surface area (Å²) in [5.41, 5.74) is 0.953. The monoisotopic (exact) mass is 268 g/mol. The van der Waals surface area contributed by atoms with Gasteiger partial charge in [-0.1, -0.05) is 12.2 Å². The first-order valence-corrected chi connectivity index (χ1v) is 6.84. The summed E-state index contributed by atoms with van der Waals surface area (Å²) in [6, 6.07) is 0.000545. The summed E-state index contributed by atoms with van der Waals surface area (Å²) in [6.45, 7) is 10.2. The van der Waals surface area contributed by atoms with Crippen molar-refractivity contribution in [3.63, 3.8) is 0 Å². The predicted octanol–water partition coefficient (Wildman–Crippen LogP) is 2.19. The van der Waals surface area contributed by atoms with Crippen LogP contribution < -0.4 is 0 Å². The Balaban J connectivity index is 2.59. The molecule has 1 heterocycles. The molecular weight excluding hydrogens is 244 g/mol.